The number of carbonyl (C=O) groups excluding carboxylic acids is 1. The van der Waals surface area contributed by atoms with Gasteiger partial charge in [0.25, 0.3) is 5.91 Å². The Morgan fingerprint density at radius 1 is 1.47 bits per heavy atom. The van der Waals surface area contributed by atoms with Crippen molar-refractivity contribution < 1.29 is 9.32 Å². The molecule has 0 fully saturated rings. The smallest absolute Gasteiger partial charge is 0.255 e. The summed E-state index contributed by atoms with van der Waals surface area (Å²) in [5.41, 5.74) is 3.48. The van der Waals surface area contributed by atoms with Crippen LogP contribution in [0.4, 0.5) is 11.4 Å². The maximum atomic E-state index is 11.9. The quantitative estimate of drug-likeness (QED) is 0.825. The van der Waals surface area contributed by atoms with Crippen molar-refractivity contribution >= 4 is 17.3 Å². The van der Waals surface area contributed by atoms with Gasteiger partial charge in [0.15, 0.2) is 0 Å². The molecule has 5 nitrogen and oxygen atoms in total. The van der Waals surface area contributed by atoms with Crippen LogP contribution in [-0.4, -0.2) is 17.6 Å². The first-order chi connectivity index (χ1) is 8.33. The molecule has 0 spiro atoms. The van der Waals surface area contributed by atoms with Gasteiger partial charge in [0.2, 0.25) is 0 Å². The number of nitrogens with one attached hydrogen (secondary N) is 2. The first kappa shape index (κ1) is 9.89. The maximum absolute atomic E-state index is 11.9. The highest BCUT2D eigenvalue weighted by Crippen LogP contribution is 2.23. The SMILES string of the molecule is O=C(Nc1cnoc1)c1ccc2c(c1)NCC2. The van der Waals surface area contributed by atoms with E-state index in [1.165, 1.54) is 18.0 Å². The summed E-state index contributed by atoms with van der Waals surface area (Å²) in [6, 6.07) is 5.68. The monoisotopic (exact) mass is 229 g/mol. The van der Waals surface area contributed by atoms with Crippen LogP contribution in [0.2, 0.25) is 0 Å². The molecule has 0 atom stereocenters. The molecule has 2 aromatic rings. The molecule has 0 unspecified atom stereocenters. The van der Waals surface area contributed by atoms with Crippen LogP contribution in [0, 0.1) is 0 Å². The Labute approximate surface area is 97.8 Å². The molecule has 2 N–H and O–H groups in total. The molecule has 0 saturated heterocycles. The van der Waals surface area contributed by atoms with Crippen molar-refractivity contribution in [3.05, 3.63) is 41.8 Å². The number of amides is 1. The van der Waals surface area contributed by atoms with Gasteiger partial charge in [-0.25, -0.2) is 0 Å². The second kappa shape index (κ2) is 3.93. The zero-order valence-electron chi connectivity index (χ0n) is 9.06. The second-order valence-corrected chi connectivity index (χ2v) is 3.92. The molecule has 86 valence electrons. The molecule has 17 heavy (non-hydrogen) atoms. The number of hydrogen-bond acceptors (Lipinski definition) is 4. The van der Waals surface area contributed by atoms with Crippen LogP contribution < -0.4 is 10.6 Å². The van der Waals surface area contributed by atoms with Gasteiger partial charge in [0.05, 0.1) is 6.20 Å². The number of fused-ring (bicyclic) bond motifs is 1. The van der Waals surface area contributed by atoms with E-state index < -0.39 is 0 Å². The number of anilines is 2. The third-order valence-electron chi connectivity index (χ3n) is 2.77. The minimum absolute atomic E-state index is 0.162. The molecular weight excluding hydrogens is 218 g/mol. The normalized spacial score (nSPS) is 12.9. The Morgan fingerprint density at radius 2 is 2.41 bits per heavy atom. The van der Waals surface area contributed by atoms with E-state index in [1.54, 1.807) is 0 Å². The minimum Gasteiger partial charge on any atom is -0.384 e. The fourth-order valence-corrected chi connectivity index (χ4v) is 1.90. The van der Waals surface area contributed by atoms with E-state index in [2.05, 4.69) is 20.3 Å². The van der Waals surface area contributed by atoms with Gasteiger partial charge in [-0.05, 0) is 24.1 Å². The van der Waals surface area contributed by atoms with Crippen molar-refractivity contribution in [2.45, 2.75) is 6.42 Å². The molecule has 0 radical (unpaired) electrons. The number of aromatic nitrogens is 1. The lowest BCUT2D eigenvalue weighted by Crippen LogP contribution is -2.11. The van der Waals surface area contributed by atoms with Gasteiger partial charge in [-0.15, -0.1) is 0 Å². The fourth-order valence-electron chi connectivity index (χ4n) is 1.90. The van der Waals surface area contributed by atoms with Gasteiger partial charge >= 0.3 is 0 Å². The summed E-state index contributed by atoms with van der Waals surface area (Å²) in [6.07, 6.45) is 3.87. The molecular formula is C12H11N3O2. The lowest BCUT2D eigenvalue weighted by atomic mass is 10.1. The molecule has 1 aromatic heterocycles. The van der Waals surface area contributed by atoms with Crippen LogP contribution in [0.5, 0.6) is 0 Å². The van der Waals surface area contributed by atoms with Crippen LogP contribution in [0.1, 0.15) is 15.9 Å². The Balaban J connectivity index is 1.82. The zero-order valence-corrected chi connectivity index (χ0v) is 9.06. The summed E-state index contributed by atoms with van der Waals surface area (Å²) in [5, 5.41) is 9.47. The Morgan fingerprint density at radius 3 is 3.24 bits per heavy atom. The van der Waals surface area contributed by atoms with Gasteiger partial charge in [-0.2, -0.15) is 0 Å². The average Bonchev–Trinajstić information content (AvgIpc) is 2.97. The van der Waals surface area contributed by atoms with E-state index in [-0.39, 0.29) is 5.91 Å². The summed E-state index contributed by atoms with van der Waals surface area (Å²) in [7, 11) is 0. The minimum atomic E-state index is -0.162. The van der Waals surface area contributed by atoms with Crippen LogP contribution in [0.3, 0.4) is 0 Å². The van der Waals surface area contributed by atoms with Crippen molar-refractivity contribution in [3.63, 3.8) is 0 Å². The third kappa shape index (κ3) is 1.87. The lowest BCUT2D eigenvalue weighted by Gasteiger charge is -2.04. The number of benzene rings is 1. The molecule has 1 amide bonds. The van der Waals surface area contributed by atoms with Crippen molar-refractivity contribution in [1.29, 1.82) is 0 Å². The highest BCUT2D eigenvalue weighted by molar-refractivity contribution is 6.04. The Bertz CT molecular complexity index is 549. The van der Waals surface area contributed by atoms with Gasteiger partial charge in [-0.1, -0.05) is 11.2 Å². The van der Waals surface area contributed by atoms with Gasteiger partial charge in [-0.3, -0.25) is 4.79 Å². The summed E-state index contributed by atoms with van der Waals surface area (Å²) < 4.78 is 4.65. The van der Waals surface area contributed by atoms with Crippen LogP contribution >= 0.6 is 0 Å². The number of carbonyl (C=O) groups is 1. The first-order valence-electron chi connectivity index (χ1n) is 5.40. The molecule has 1 aromatic carbocycles. The van der Waals surface area contributed by atoms with E-state index in [1.807, 2.05) is 18.2 Å². The molecule has 3 rings (SSSR count). The summed E-state index contributed by atoms with van der Waals surface area (Å²) in [5.74, 6) is -0.162. The van der Waals surface area contributed by atoms with E-state index in [0.29, 0.717) is 11.3 Å². The lowest BCUT2D eigenvalue weighted by molar-refractivity contribution is 0.102. The van der Waals surface area contributed by atoms with Gasteiger partial charge < -0.3 is 15.2 Å². The molecule has 0 bridgehead atoms. The van der Waals surface area contributed by atoms with Crippen LogP contribution in [0.25, 0.3) is 0 Å². The third-order valence-corrected chi connectivity index (χ3v) is 2.77. The van der Waals surface area contributed by atoms with E-state index >= 15 is 0 Å². The number of nitrogens with zero attached hydrogens (tertiary/aromatic N) is 1. The topological polar surface area (TPSA) is 67.2 Å². The Hall–Kier alpha value is -2.30. The molecule has 5 heteroatoms. The molecule has 0 aliphatic carbocycles. The van der Waals surface area contributed by atoms with E-state index in [9.17, 15) is 4.79 Å². The maximum Gasteiger partial charge on any atom is 0.255 e. The first-order valence-corrected chi connectivity index (χ1v) is 5.40. The van der Waals surface area contributed by atoms with Gasteiger partial charge in [0, 0.05) is 17.8 Å². The molecule has 0 saturated carbocycles. The van der Waals surface area contributed by atoms with Crippen molar-refractivity contribution in [2.75, 3.05) is 17.2 Å². The largest absolute Gasteiger partial charge is 0.384 e. The summed E-state index contributed by atoms with van der Waals surface area (Å²) in [6.45, 7) is 0.937. The summed E-state index contributed by atoms with van der Waals surface area (Å²) in [4.78, 5) is 11.9. The molecule has 1 aliphatic rings. The molecule has 1 aliphatic heterocycles. The fraction of sp³-hybridized carbons (Fsp3) is 0.167. The van der Waals surface area contributed by atoms with Gasteiger partial charge in [0.1, 0.15) is 12.0 Å². The zero-order chi connectivity index (χ0) is 11.7. The Kier molecular flexibility index (Phi) is 2.29. The van der Waals surface area contributed by atoms with Crippen LogP contribution in [-0.2, 0) is 6.42 Å². The van der Waals surface area contributed by atoms with Crippen LogP contribution in [0.15, 0.2) is 35.2 Å². The van der Waals surface area contributed by atoms with Crippen molar-refractivity contribution in [1.82, 2.24) is 5.16 Å². The van der Waals surface area contributed by atoms with E-state index in [4.69, 9.17) is 0 Å². The standard InChI is InChI=1S/C12H11N3O2/c16-12(15-10-6-14-17-7-10)9-2-1-8-3-4-13-11(8)5-9/h1-2,5-7,13H,3-4H2,(H,15,16). The predicted octanol–water partition coefficient (Wildman–Crippen LogP) is 1.89. The van der Waals surface area contributed by atoms with Crippen molar-refractivity contribution in [2.24, 2.45) is 0 Å². The predicted molar refractivity (Wildman–Crippen MR) is 63.1 cm³/mol. The summed E-state index contributed by atoms with van der Waals surface area (Å²) >= 11 is 0. The average molecular weight is 229 g/mol. The van der Waals surface area contributed by atoms with E-state index in [0.717, 1.165) is 18.7 Å². The van der Waals surface area contributed by atoms with Crippen molar-refractivity contribution in [3.8, 4) is 0 Å². The number of rotatable bonds is 2. The highest BCUT2D eigenvalue weighted by Gasteiger charge is 2.13. The highest BCUT2D eigenvalue weighted by atomic mass is 16.5. The number of hydrogen-bond donors (Lipinski definition) is 2. The molecule has 2 heterocycles. The second-order valence-electron chi connectivity index (χ2n) is 3.92.